The molecule has 0 heteroatoms. The summed E-state index contributed by atoms with van der Waals surface area (Å²) in [6.45, 7) is 3.72. The molecule has 0 spiro atoms. The van der Waals surface area contributed by atoms with Crippen molar-refractivity contribution in [1.82, 2.24) is 0 Å². The molecule has 34 valence electrons. The average Bonchev–Trinajstić information content (AvgIpc) is 1.69. The van der Waals surface area contributed by atoms with Crippen LogP contribution in [0.4, 0.5) is 0 Å². The Morgan fingerprint density at radius 1 is 1.71 bits per heavy atom. The maximum absolute atomic E-state index is 3.72. The molecule has 0 saturated heterocycles. The van der Waals surface area contributed by atoms with Gasteiger partial charge < -0.3 is 0 Å². The van der Waals surface area contributed by atoms with Crippen molar-refractivity contribution >= 4 is 0 Å². The lowest BCUT2D eigenvalue weighted by molar-refractivity contribution is 1.34. The molecule has 0 N–H and O–H groups in total. The Kier molecular flexibility index (Phi) is 0.997. The van der Waals surface area contributed by atoms with Crippen molar-refractivity contribution in [3.05, 3.63) is 24.3 Å². The van der Waals surface area contributed by atoms with Crippen LogP contribution in [0.2, 0.25) is 0 Å². The molecule has 0 aliphatic heterocycles. The van der Waals surface area contributed by atoms with Crippen LogP contribution < -0.4 is 0 Å². The van der Waals surface area contributed by atoms with Gasteiger partial charge in [0.25, 0.3) is 0 Å². The van der Waals surface area contributed by atoms with Gasteiger partial charge in [0.05, 0.1) is 0 Å². The maximum atomic E-state index is 3.72. The van der Waals surface area contributed by atoms with Gasteiger partial charge in [0.15, 0.2) is 0 Å². The third kappa shape index (κ3) is 0.940. The standard InChI is InChI=1S/C7H6/c1-7-5-3-2-4-6-7/h3,5H,1,6H2. The first-order chi connectivity index (χ1) is 3.39. The predicted molar refractivity (Wildman–Crippen MR) is 30.7 cm³/mol. The molecule has 0 aromatic rings. The monoisotopic (exact) mass is 90.0 g/mol. The van der Waals surface area contributed by atoms with Gasteiger partial charge in [0, 0.05) is 6.42 Å². The van der Waals surface area contributed by atoms with Crippen LogP contribution >= 0.6 is 0 Å². The summed E-state index contributed by atoms with van der Waals surface area (Å²) in [5.74, 6) is 5.72. The zero-order valence-electron chi connectivity index (χ0n) is 4.07. The molecule has 0 unspecified atom stereocenters. The zero-order chi connectivity index (χ0) is 5.11. The van der Waals surface area contributed by atoms with Crippen LogP contribution in [0.5, 0.6) is 0 Å². The van der Waals surface area contributed by atoms with E-state index in [0.29, 0.717) is 0 Å². The quantitative estimate of drug-likeness (QED) is 0.395. The Hall–Kier alpha value is -0.960. The summed E-state index contributed by atoms with van der Waals surface area (Å²) in [5, 5.41) is 0. The number of hydrogen-bond donors (Lipinski definition) is 0. The van der Waals surface area contributed by atoms with Crippen LogP contribution in [0.25, 0.3) is 0 Å². The third-order valence-electron chi connectivity index (χ3n) is 0.820. The second-order valence-corrected chi connectivity index (χ2v) is 1.49. The molecule has 0 fully saturated rings. The van der Waals surface area contributed by atoms with Crippen molar-refractivity contribution in [3.8, 4) is 11.8 Å². The van der Waals surface area contributed by atoms with Crippen LogP contribution in [-0.4, -0.2) is 0 Å². The number of rotatable bonds is 0. The molecule has 1 aliphatic rings. The van der Waals surface area contributed by atoms with Gasteiger partial charge in [-0.3, -0.25) is 0 Å². The molecule has 0 saturated carbocycles. The van der Waals surface area contributed by atoms with E-state index in [-0.39, 0.29) is 0 Å². The molecule has 0 amide bonds. The van der Waals surface area contributed by atoms with E-state index in [1.807, 2.05) is 12.2 Å². The second-order valence-electron chi connectivity index (χ2n) is 1.49. The number of allylic oxidation sites excluding steroid dienone is 3. The molecule has 0 atom stereocenters. The molecule has 0 radical (unpaired) electrons. The molecular formula is C7H6. The minimum Gasteiger partial charge on any atom is -0.0948 e. The van der Waals surface area contributed by atoms with E-state index >= 15 is 0 Å². The van der Waals surface area contributed by atoms with Crippen LogP contribution in [0.15, 0.2) is 24.3 Å². The Morgan fingerprint density at radius 3 is 2.86 bits per heavy atom. The average molecular weight is 90.1 g/mol. The van der Waals surface area contributed by atoms with Crippen LogP contribution in [0.3, 0.4) is 0 Å². The van der Waals surface area contributed by atoms with E-state index in [9.17, 15) is 0 Å². The largest absolute Gasteiger partial charge is 0.0948 e. The van der Waals surface area contributed by atoms with Crippen LogP contribution in [0, 0.1) is 11.8 Å². The maximum Gasteiger partial charge on any atom is 0.0338 e. The second kappa shape index (κ2) is 1.66. The topological polar surface area (TPSA) is 0 Å². The summed E-state index contributed by atoms with van der Waals surface area (Å²) in [5.41, 5.74) is 1.11. The predicted octanol–water partition coefficient (Wildman–Crippen LogP) is 1.51. The van der Waals surface area contributed by atoms with Gasteiger partial charge in [0.2, 0.25) is 0 Å². The fourth-order valence-corrected chi connectivity index (χ4v) is 0.442. The normalized spacial score (nSPS) is 15.7. The molecule has 7 heavy (non-hydrogen) atoms. The first-order valence-electron chi connectivity index (χ1n) is 2.22. The molecule has 0 nitrogen and oxygen atoms in total. The van der Waals surface area contributed by atoms with E-state index in [1.165, 1.54) is 0 Å². The van der Waals surface area contributed by atoms with Gasteiger partial charge in [0.1, 0.15) is 0 Å². The van der Waals surface area contributed by atoms with Gasteiger partial charge in [-0.05, 0) is 11.6 Å². The van der Waals surface area contributed by atoms with Crippen molar-refractivity contribution in [1.29, 1.82) is 0 Å². The summed E-state index contributed by atoms with van der Waals surface area (Å²) in [6, 6.07) is 0. The number of hydrogen-bond acceptors (Lipinski definition) is 0. The lowest BCUT2D eigenvalue weighted by atomic mass is 10.1. The molecule has 0 aromatic carbocycles. The fourth-order valence-electron chi connectivity index (χ4n) is 0.442. The highest BCUT2D eigenvalue weighted by Gasteiger charge is 1.84. The molecule has 0 bridgehead atoms. The first-order valence-corrected chi connectivity index (χ1v) is 2.22. The van der Waals surface area contributed by atoms with Crippen molar-refractivity contribution in [2.45, 2.75) is 6.42 Å². The van der Waals surface area contributed by atoms with Gasteiger partial charge >= 0.3 is 0 Å². The van der Waals surface area contributed by atoms with E-state index in [0.717, 1.165) is 12.0 Å². The van der Waals surface area contributed by atoms with E-state index in [4.69, 9.17) is 0 Å². The van der Waals surface area contributed by atoms with Crippen LogP contribution in [0.1, 0.15) is 6.42 Å². The summed E-state index contributed by atoms with van der Waals surface area (Å²) >= 11 is 0. The van der Waals surface area contributed by atoms with Gasteiger partial charge in [-0.2, -0.15) is 0 Å². The minimum atomic E-state index is 0.844. The summed E-state index contributed by atoms with van der Waals surface area (Å²) in [4.78, 5) is 0. The first kappa shape index (κ1) is 4.21. The van der Waals surface area contributed by atoms with E-state index in [1.54, 1.807) is 0 Å². The Labute approximate surface area is 43.5 Å². The Balaban J connectivity index is 2.76. The zero-order valence-corrected chi connectivity index (χ0v) is 4.07. The van der Waals surface area contributed by atoms with Crippen molar-refractivity contribution < 1.29 is 0 Å². The molecule has 0 heterocycles. The van der Waals surface area contributed by atoms with Gasteiger partial charge in [-0.1, -0.05) is 24.5 Å². The van der Waals surface area contributed by atoms with E-state index < -0.39 is 0 Å². The minimum absolute atomic E-state index is 0.844. The van der Waals surface area contributed by atoms with E-state index in [2.05, 4.69) is 18.4 Å². The lowest BCUT2D eigenvalue weighted by Gasteiger charge is -1.90. The van der Waals surface area contributed by atoms with Crippen molar-refractivity contribution in [2.24, 2.45) is 0 Å². The Bertz CT molecular complexity index is 162. The molecule has 0 aromatic heterocycles. The van der Waals surface area contributed by atoms with Gasteiger partial charge in [-0.15, -0.1) is 0 Å². The smallest absolute Gasteiger partial charge is 0.0338 e. The Morgan fingerprint density at radius 2 is 2.57 bits per heavy atom. The third-order valence-corrected chi connectivity index (χ3v) is 0.820. The lowest BCUT2D eigenvalue weighted by Crippen LogP contribution is -1.74. The molecular weight excluding hydrogens is 84.1 g/mol. The fraction of sp³-hybridized carbons (Fsp3) is 0.143. The highest BCUT2D eigenvalue weighted by Crippen LogP contribution is 2.00. The highest BCUT2D eigenvalue weighted by atomic mass is 13.9. The van der Waals surface area contributed by atoms with Gasteiger partial charge in [-0.25, -0.2) is 0 Å². The summed E-state index contributed by atoms with van der Waals surface area (Å²) < 4.78 is 0. The molecule has 1 rings (SSSR count). The summed E-state index contributed by atoms with van der Waals surface area (Å²) in [7, 11) is 0. The highest BCUT2D eigenvalue weighted by molar-refractivity contribution is 5.33. The molecule has 1 aliphatic carbocycles. The van der Waals surface area contributed by atoms with Crippen LogP contribution in [-0.2, 0) is 0 Å². The summed E-state index contributed by atoms with van der Waals surface area (Å²) in [6.07, 6.45) is 4.61. The van der Waals surface area contributed by atoms with Crippen molar-refractivity contribution in [3.63, 3.8) is 0 Å². The van der Waals surface area contributed by atoms with Crippen molar-refractivity contribution in [2.75, 3.05) is 0 Å². The SMILES string of the molecule is C=C1C=CC#CC1.